The van der Waals surface area contributed by atoms with Crippen molar-refractivity contribution in [1.82, 2.24) is 15.3 Å². The van der Waals surface area contributed by atoms with E-state index >= 15 is 0 Å². The van der Waals surface area contributed by atoms with Crippen molar-refractivity contribution in [2.24, 2.45) is 0 Å². The number of hydrogen-bond donors (Lipinski definition) is 2. The lowest BCUT2D eigenvalue weighted by Gasteiger charge is -2.11. The molecule has 0 aliphatic heterocycles. The molecule has 4 rings (SSSR count). The maximum atomic E-state index is 12.2. The third kappa shape index (κ3) is 3.64. The molecule has 0 unspecified atom stereocenters. The van der Waals surface area contributed by atoms with Crippen LogP contribution in [-0.2, 0) is 11.2 Å². The van der Waals surface area contributed by atoms with Crippen LogP contribution >= 0.6 is 0 Å². The van der Waals surface area contributed by atoms with Crippen molar-refractivity contribution in [3.05, 3.63) is 54.2 Å². The van der Waals surface area contributed by atoms with Crippen LogP contribution in [0.15, 0.2) is 48.7 Å². The summed E-state index contributed by atoms with van der Waals surface area (Å²) in [5.41, 5.74) is 4.41. The van der Waals surface area contributed by atoms with Crippen LogP contribution in [0.25, 0.3) is 22.3 Å². The lowest BCUT2D eigenvalue weighted by Crippen LogP contribution is -2.32. The van der Waals surface area contributed by atoms with Gasteiger partial charge in [0.2, 0.25) is 5.91 Å². The first-order valence-electron chi connectivity index (χ1n) is 9.61. The molecule has 2 aromatic heterocycles. The van der Waals surface area contributed by atoms with Gasteiger partial charge in [0.05, 0.1) is 11.4 Å². The first-order chi connectivity index (χ1) is 12.8. The van der Waals surface area contributed by atoms with Crippen molar-refractivity contribution in [3.8, 4) is 11.4 Å². The highest BCUT2D eigenvalue weighted by molar-refractivity contribution is 5.90. The fraction of sp³-hybridized carbons (Fsp3) is 0.364. The number of carbonyl (C=O) groups excluding carboxylic acids is 1. The quantitative estimate of drug-likeness (QED) is 0.684. The summed E-state index contributed by atoms with van der Waals surface area (Å²) in [6.45, 7) is 0. The Labute approximate surface area is 154 Å². The summed E-state index contributed by atoms with van der Waals surface area (Å²) in [7, 11) is 0. The van der Waals surface area contributed by atoms with Gasteiger partial charge >= 0.3 is 0 Å². The Morgan fingerprint density at radius 3 is 2.73 bits per heavy atom. The Bertz CT molecular complexity index is 879. The van der Waals surface area contributed by atoms with Crippen LogP contribution in [0.4, 0.5) is 0 Å². The molecule has 1 amide bonds. The first-order valence-corrected chi connectivity index (χ1v) is 9.61. The Morgan fingerprint density at radius 2 is 1.92 bits per heavy atom. The number of aromatic nitrogens is 2. The second kappa shape index (κ2) is 7.73. The molecule has 2 N–H and O–H groups in total. The zero-order chi connectivity index (χ0) is 17.8. The third-order valence-corrected chi connectivity index (χ3v) is 5.29. The molecule has 3 aromatic rings. The monoisotopic (exact) mass is 347 g/mol. The minimum atomic E-state index is 0.191. The zero-order valence-corrected chi connectivity index (χ0v) is 15.0. The number of rotatable bonds is 6. The van der Waals surface area contributed by atoms with E-state index in [0.717, 1.165) is 42.6 Å². The number of benzene rings is 1. The number of aromatic amines is 1. The second-order valence-corrected chi connectivity index (χ2v) is 7.14. The predicted octanol–water partition coefficient (Wildman–Crippen LogP) is 4.61. The van der Waals surface area contributed by atoms with E-state index in [4.69, 9.17) is 0 Å². The number of H-pyrrole nitrogens is 1. The van der Waals surface area contributed by atoms with Gasteiger partial charge in [-0.05, 0) is 49.4 Å². The zero-order valence-electron chi connectivity index (χ0n) is 15.0. The van der Waals surface area contributed by atoms with Crippen molar-refractivity contribution in [3.63, 3.8) is 0 Å². The molecule has 1 aliphatic carbocycles. The van der Waals surface area contributed by atoms with E-state index in [-0.39, 0.29) is 5.91 Å². The molecule has 1 aromatic carbocycles. The number of nitrogens with zero attached hydrogens (tertiary/aromatic N) is 1. The maximum absolute atomic E-state index is 12.2. The van der Waals surface area contributed by atoms with Crippen molar-refractivity contribution >= 4 is 16.8 Å². The second-order valence-electron chi connectivity index (χ2n) is 7.14. The van der Waals surface area contributed by atoms with Crippen LogP contribution < -0.4 is 5.32 Å². The van der Waals surface area contributed by atoms with Gasteiger partial charge in [0.25, 0.3) is 0 Å². The number of pyridine rings is 1. The van der Waals surface area contributed by atoms with E-state index in [9.17, 15) is 4.79 Å². The topological polar surface area (TPSA) is 57.8 Å². The summed E-state index contributed by atoms with van der Waals surface area (Å²) < 4.78 is 0. The molecule has 4 heteroatoms. The van der Waals surface area contributed by atoms with E-state index in [2.05, 4.69) is 33.5 Å². The summed E-state index contributed by atoms with van der Waals surface area (Å²) in [6.07, 6.45) is 8.88. The van der Waals surface area contributed by atoms with Gasteiger partial charge in [0, 0.05) is 29.6 Å². The molecule has 0 atom stereocenters. The highest BCUT2D eigenvalue weighted by Crippen LogP contribution is 2.30. The number of aryl methyl sites for hydroxylation is 1. The number of amides is 1. The molecule has 26 heavy (non-hydrogen) atoms. The molecule has 0 spiro atoms. The van der Waals surface area contributed by atoms with Crippen LogP contribution in [0.3, 0.4) is 0 Å². The molecule has 2 heterocycles. The van der Waals surface area contributed by atoms with Gasteiger partial charge in [-0.3, -0.25) is 9.78 Å². The van der Waals surface area contributed by atoms with Gasteiger partial charge in [0.1, 0.15) is 0 Å². The van der Waals surface area contributed by atoms with E-state index in [1.54, 1.807) is 0 Å². The molecule has 1 saturated carbocycles. The van der Waals surface area contributed by atoms with E-state index in [1.807, 2.05) is 30.5 Å². The number of carbonyl (C=O) groups is 1. The summed E-state index contributed by atoms with van der Waals surface area (Å²) in [5.74, 6) is 0.191. The Balaban J connectivity index is 1.49. The van der Waals surface area contributed by atoms with Crippen LogP contribution in [0.1, 0.15) is 44.1 Å². The minimum absolute atomic E-state index is 0.191. The first kappa shape index (κ1) is 16.8. The van der Waals surface area contributed by atoms with E-state index in [1.165, 1.54) is 23.8 Å². The highest BCUT2D eigenvalue weighted by Gasteiger charge is 2.18. The summed E-state index contributed by atoms with van der Waals surface area (Å²) >= 11 is 0. The third-order valence-electron chi connectivity index (χ3n) is 5.29. The fourth-order valence-corrected chi connectivity index (χ4v) is 3.98. The lowest BCUT2D eigenvalue weighted by molar-refractivity contribution is -0.121. The van der Waals surface area contributed by atoms with Gasteiger partial charge in [-0.2, -0.15) is 0 Å². The Morgan fingerprint density at radius 1 is 1.12 bits per heavy atom. The Hall–Kier alpha value is -2.62. The highest BCUT2D eigenvalue weighted by atomic mass is 16.1. The van der Waals surface area contributed by atoms with E-state index in [0.29, 0.717) is 12.5 Å². The lowest BCUT2D eigenvalue weighted by atomic mass is 10.0. The molecule has 4 nitrogen and oxygen atoms in total. The van der Waals surface area contributed by atoms with Crippen molar-refractivity contribution in [2.75, 3.05) is 0 Å². The molecule has 0 bridgehead atoms. The maximum Gasteiger partial charge on any atom is 0.220 e. The van der Waals surface area contributed by atoms with Crippen molar-refractivity contribution < 1.29 is 4.79 Å². The van der Waals surface area contributed by atoms with Crippen LogP contribution in [0.5, 0.6) is 0 Å². The molecule has 0 radical (unpaired) electrons. The summed E-state index contributed by atoms with van der Waals surface area (Å²) in [4.78, 5) is 20.2. The van der Waals surface area contributed by atoms with Gasteiger partial charge < -0.3 is 10.3 Å². The standard InChI is InChI=1S/C22H25N3O/c26-21(24-16-8-1-2-9-16)14-7-11-18-17-10-3-4-12-19(17)25-22(18)20-13-5-6-15-23-20/h3-6,10,12-13,15-16,25H,1-2,7-9,11,14H2,(H,24,26). The minimum Gasteiger partial charge on any atom is -0.353 e. The van der Waals surface area contributed by atoms with Crippen molar-refractivity contribution in [1.29, 1.82) is 0 Å². The van der Waals surface area contributed by atoms with Gasteiger partial charge in [-0.1, -0.05) is 37.1 Å². The average Bonchev–Trinajstić information content (AvgIpc) is 3.30. The Kier molecular flexibility index (Phi) is 5.00. The van der Waals surface area contributed by atoms with Crippen molar-refractivity contribution in [2.45, 2.75) is 51.0 Å². The van der Waals surface area contributed by atoms with Crippen LogP contribution in [0, 0.1) is 0 Å². The average molecular weight is 347 g/mol. The van der Waals surface area contributed by atoms with Crippen LogP contribution in [0.2, 0.25) is 0 Å². The number of para-hydroxylation sites is 1. The molecular formula is C22H25N3O. The number of fused-ring (bicyclic) bond motifs is 1. The van der Waals surface area contributed by atoms with Gasteiger partial charge in [-0.25, -0.2) is 0 Å². The molecule has 134 valence electrons. The summed E-state index contributed by atoms with van der Waals surface area (Å²) in [6, 6.07) is 14.7. The molecule has 0 saturated heterocycles. The smallest absolute Gasteiger partial charge is 0.220 e. The molecular weight excluding hydrogens is 322 g/mol. The predicted molar refractivity (Wildman–Crippen MR) is 105 cm³/mol. The molecule has 1 fully saturated rings. The largest absolute Gasteiger partial charge is 0.353 e. The van der Waals surface area contributed by atoms with Crippen LogP contribution in [-0.4, -0.2) is 21.9 Å². The SMILES string of the molecule is O=C(CCCc1c(-c2ccccn2)[nH]c2ccccc12)NC1CCCC1. The molecule has 1 aliphatic rings. The van der Waals surface area contributed by atoms with Gasteiger partial charge in [0.15, 0.2) is 0 Å². The normalized spacial score (nSPS) is 14.8. The number of nitrogens with one attached hydrogen (secondary N) is 2. The fourth-order valence-electron chi connectivity index (χ4n) is 3.98. The number of hydrogen-bond acceptors (Lipinski definition) is 2. The van der Waals surface area contributed by atoms with E-state index < -0.39 is 0 Å². The van der Waals surface area contributed by atoms with Gasteiger partial charge in [-0.15, -0.1) is 0 Å². The summed E-state index contributed by atoms with van der Waals surface area (Å²) in [5, 5.41) is 4.41.